The Kier molecular flexibility index (Phi) is 22.4. The van der Waals surface area contributed by atoms with Gasteiger partial charge in [-0.2, -0.15) is 13.8 Å². The molecule has 0 aliphatic heterocycles. The number of Topliss-reactive ketones (excluding diaryl/α,β-unsaturated/α-hetero) is 2. The van der Waals surface area contributed by atoms with Crippen LogP contribution in [0.2, 0.25) is 0 Å². The van der Waals surface area contributed by atoms with E-state index in [1.54, 1.807) is 52.0 Å². The number of carbonyl (C=O) groups excluding carboxylic acids is 3. The van der Waals surface area contributed by atoms with Crippen LogP contribution in [0.1, 0.15) is 106 Å². The molecule has 0 bridgehead atoms. The van der Waals surface area contributed by atoms with Crippen molar-refractivity contribution >= 4 is 40.8 Å². The second-order valence-corrected chi connectivity index (χ2v) is 10.2. The average molecular weight is 581 g/mol. The first-order valence-electron chi connectivity index (χ1n) is 12.8. The fraction of sp³-hybridized carbons (Fsp3) is 0.394. The third-order valence-electron chi connectivity index (χ3n) is 5.15. The molecule has 1 unspecified atom stereocenters. The van der Waals surface area contributed by atoms with Crippen molar-refractivity contribution in [1.82, 2.24) is 0 Å². The van der Waals surface area contributed by atoms with E-state index < -0.39 is 17.9 Å². The SMILES string of the molecule is C=CC(OC(=O)OC(C)(C)C)c1ccc(C(C)=O)cc1.C=C[C@H](c1ccc(C(C)=O)cc1)C(C)C.C[CH-]C.[Cl-].[Mg+2]. The summed E-state index contributed by atoms with van der Waals surface area (Å²) < 4.78 is 10.3. The van der Waals surface area contributed by atoms with E-state index in [4.69, 9.17) is 9.47 Å². The van der Waals surface area contributed by atoms with Gasteiger partial charge in [0.15, 0.2) is 11.6 Å². The van der Waals surface area contributed by atoms with Crippen LogP contribution in [0.15, 0.2) is 73.8 Å². The molecule has 0 fully saturated rings. The molecule has 2 rings (SSSR count). The molecular formula is C33H45ClMgO5. The van der Waals surface area contributed by atoms with Gasteiger partial charge in [-0.3, -0.25) is 9.59 Å². The van der Waals surface area contributed by atoms with Crippen LogP contribution in [0.5, 0.6) is 0 Å². The maximum Gasteiger partial charge on any atom is 2.00 e. The monoisotopic (exact) mass is 580 g/mol. The van der Waals surface area contributed by atoms with Gasteiger partial charge < -0.3 is 28.3 Å². The number of hydrogen-bond acceptors (Lipinski definition) is 5. The molecule has 2 aromatic carbocycles. The minimum absolute atomic E-state index is 0. The Balaban J connectivity index is -0.000000612. The van der Waals surface area contributed by atoms with E-state index in [9.17, 15) is 14.4 Å². The van der Waals surface area contributed by atoms with Gasteiger partial charge in [0, 0.05) is 17.0 Å². The summed E-state index contributed by atoms with van der Waals surface area (Å²) in [5, 5.41) is 0. The van der Waals surface area contributed by atoms with Crippen LogP contribution in [0, 0.1) is 12.3 Å². The normalized spacial score (nSPS) is 11.3. The number of hydrogen-bond donors (Lipinski definition) is 0. The third-order valence-corrected chi connectivity index (χ3v) is 5.15. The fourth-order valence-electron chi connectivity index (χ4n) is 3.27. The predicted molar refractivity (Wildman–Crippen MR) is 162 cm³/mol. The van der Waals surface area contributed by atoms with Crippen molar-refractivity contribution in [2.45, 2.75) is 79.9 Å². The van der Waals surface area contributed by atoms with E-state index >= 15 is 0 Å². The summed E-state index contributed by atoms with van der Waals surface area (Å²) in [6, 6.07) is 14.6. The fourth-order valence-corrected chi connectivity index (χ4v) is 3.27. The molecule has 0 N–H and O–H groups in total. The summed E-state index contributed by atoms with van der Waals surface area (Å²) in [7, 11) is 0. The molecule has 0 radical (unpaired) electrons. The molecule has 0 aliphatic rings. The number of ether oxygens (including phenoxy) is 2. The standard InChI is InChI=1S/C16H20O4.C14H18O.C3H7.ClH.Mg/c1-6-14(19-15(18)20-16(3,4)5)13-9-7-12(8-10-13)11(2)17;1-5-14(10(2)3)13-8-6-12(7-9-13)11(4)15;1-3-2;;/h6-10,14H,1H2,2-5H3;5-10,14H,1H2,2-4H3;3H,1-2H3;1H;/q;;-1;;+2/p-1/t;14-;;;/m.0.../s1. The van der Waals surface area contributed by atoms with Crippen molar-refractivity contribution in [2.75, 3.05) is 0 Å². The van der Waals surface area contributed by atoms with Crippen LogP contribution >= 0.6 is 0 Å². The minimum Gasteiger partial charge on any atom is -1.00 e. The number of rotatable bonds is 8. The third kappa shape index (κ3) is 16.6. The first-order valence-corrected chi connectivity index (χ1v) is 12.8. The van der Waals surface area contributed by atoms with Gasteiger partial charge in [0.1, 0.15) is 11.7 Å². The molecule has 0 saturated carbocycles. The minimum atomic E-state index is -0.752. The Hall–Kier alpha value is -2.41. The summed E-state index contributed by atoms with van der Waals surface area (Å²) in [4.78, 5) is 33.9. The smallest absolute Gasteiger partial charge is 1.00 e. The van der Waals surface area contributed by atoms with Crippen molar-refractivity contribution in [3.8, 4) is 0 Å². The summed E-state index contributed by atoms with van der Waals surface area (Å²) in [6.07, 6.45) is 4.11. The molecule has 0 aliphatic carbocycles. The Morgan fingerprint density at radius 2 is 1.18 bits per heavy atom. The van der Waals surface area contributed by atoms with Gasteiger partial charge in [0.25, 0.3) is 0 Å². The van der Waals surface area contributed by atoms with Crippen molar-refractivity contribution in [2.24, 2.45) is 5.92 Å². The van der Waals surface area contributed by atoms with E-state index in [-0.39, 0.29) is 47.0 Å². The zero-order valence-electron chi connectivity index (χ0n) is 25.6. The van der Waals surface area contributed by atoms with Crippen molar-refractivity contribution in [3.63, 3.8) is 0 Å². The summed E-state index contributed by atoms with van der Waals surface area (Å²) in [5.74, 6) is 0.998. The molecule has 2 atom stereocenters. The van der Waals surface area contributed by atoms with E-state index in [0.29, 0.717) is 17.4 Å². The van der Waals surface area contributed by atoms with Gasteiger partial charge in [0.2, 0.25) is 0 Å². The summed E-state index contributed by atoms with van der Waals surface area (Å²) in [5.41, 5.74) is 2.72. The van der Waals surface area contributed by atoms with Crippen molar-refractivity contribution < 1.29 is 36.3 Å². The first kappa shape index (κ1) is 42.1. The van der Waals surface area contributed by atoms with Crippen LogP contribution in [0.3, 0.4) is 0 Å². The Labute approximate surface area is 264 Å². The summed E-state index contributed by atoms with van der Waals surface area (Å²) >= 11 is 0. The largest absolute Gasteiger partial charge is 2.00 e. The average Bonchev–Trinajstić information content (AvgIpc) is 2.83. The van der Waals surface area contributed by atoms with Crippen LogP contribution in [0.25, 0.3) is 0 Å². The molecule has 7 heteroatoms. The van der Waals surface area contributed by atoms with Crippen LogP contribution in [-0.2, 0) is 9.47 Å². The molecule has 2 aromatic rings. The molecule has 0 amide bonds. The summed E-state index contributed by atoms with van der Waals surface area (Å²) in [6.45, 7) is 24.2. The maximum atomic E-state index is 11.6. The molecule has 0 heterocycles. The molecular weight excluding hydrogens is 536 g/mol. The quantitative estimate of drug-likeness (QED) is 0.131. The van der Waals surface area contributed by atoms with Crippen LogP contribution in [0.4, 0.5) is 4.79 Å². The number of carbonyl (C=O) groups is 3. The first-order chi connectivity index (χ1) is 17.7. The molecule has 0 spiro atoms. The van der Waals surface area contributed by atoms with E-state index in [2.05, 4.69) is 27.0 Å². The predicted octanol–water partition coefficient (Wildman–Crippen LogP) is 5.74. The zero-order valence-corrected chi connectivity index (χ0v) is 27.8. The van der Waals surface area contributed by atoms with Gasteiger partial charge in [-0.05, 0) is 57.7 Å². The van der Waals surface area contributed by atoms with Gasteiger partial charge in [-0.1, -0.05) is 75.0 Å². The number of allylic oxidation sites excluding steroid dienone is 1. The zero-order chi connectivity index (χ0) is 29.5. The van der Waals surface area contributed by atoms with Crippen LogP contribution < -0.4 is 12.4 Å². The van der Waals surface area contributed by atoms with Crippen LogP contribution in [-0.4, -0.2) is 46.4 Å². The van der Waals surface area contributed by atoms with E-state index in [0.717, 1.165) is 11.1 Å². The topological polar surface area (TPSA) is 69.7 Å². The van der Waals surface area contributed by atoms with Gasteiger partial charge in [-0.25, -0.2) is 4.79 Å². The van der Waals surface area contributed by atoms with Gasteiger partial charge in [0.05, 0.1) is 0 Å². The van der Waals surface area contributed by atoms with E-state index in [1.165, 1.54) is 18.6 Å². The Morgan fingerprint density at radius 1 is 0.800 bits per heavy atom. The molecule has 40 heavy (non-hydrogen) atoms. The van der Waals surface area contributed by atoms with Gasteiger partial charge >= 0.3 is 29.2 Å². The second-order valence-electron chi connectivity index (χ2n) is 10.2. The molecule has 216 valence electrons. The van der Waals surface area contributed by atoms with Crippen molar-refractivity contribution in [3.05, 3.63) is 103 Å². The van der Waals surface area contributed by atoms with Crippen molar-refractivity contribution in [1.29, 1.82) is 0 Å². The number of ketones is 2. The number of halogens is 1. The molecule has 0 aromatic heterocycles. The van der Waals surface area contributed by atoms with Gasteiger partial charge in [-0.15, -0.1) is 6.58 Å². The molecule has 5 nitrogen and oxygen atoms in total. The Morgan fingerprint density at radius 3 is 1.45 bits per heavy atom. The van der Waals surface area contributed by atoms with E-state index in [1.807, 2.05) is 50.6 Å². The second kappa shape index (κ2) is 21.3. The number of benzene rings is 2. The maximum absolute atomic E-state index is 11.6. The molecule has 0 saturated heterocycles. The Bertz CT molecular complexity index is 1040.